The summed E-state index contributed by atoms with van der Waals surface area (Å²) in [6.45, 7) is 4.55. The molecule has 0 fully saturated rings. The Hall–Kier alpha value is -0.820. The van der Waals surface area contributed by atoms with Gasteiger partial charge in [0.25, 0.3) is 0 Å². The predicted octanol–water partition coefficient (Wildman–Crippen LogP) is 2.77. The molecule has 0 amide bonds. The van der Waals surface area contributed by atoms with E-state index >= 15 is 0 Å². The molecule has 0 aromatic heterocycles. The summed E-state index contributed by atoms with van der Waals surface area (Å²) in [5, 5.41) is 3.50. The second-order valence-electron chi connectivity index (χ2n) is 5.06. The highest BCUT2D eigenvalue weighted by Crippen LogP contribution is 2.30. The molecule has 0 spiro atoms. The lowest BCUT2D eigenvalue weighted by Gasteiger charge is -2.27. The van der Waals surface area contributed by atoms with Gasteiger partial charge in [0.05, 0.1) is 0 Å². The molecule has 15 heavy (non-hydrogen) atoms. The third-order valence-corrected chi connectivity index (χ3v) is 3.90. The largest absolute Gasteiger partial charge is 0.312 e. The zero-order valence-electron chi connectivity index (χ0n) is 9.47. The van der Waals surface area contributed by atoms with Crippen molar-refractivity contribution in [1.82, 2.24) is 5.32 Å². The first-order valence-corrected chi connectivity index (χ1v) is 6.20. The SMILES string of the molecule is CC1CNCc2cc3c(cc21)CCCC3. The molecule has 0 radical (unpaired) electrons. The topological polar surface area (TPSA) is 12.0 Å². The van der Waals surface area contributed by atoms with Crippen LogP contribution in [0.4, 0.5) is 0 Å². The van der Waals surface area contributed by atoms with Crippen molar-refractivity contribution in [3.63, 3.8) is 0 Å². The van der Waals surface area contributed by atoms with Crippen LogP contribution in [0.5, 0.6) is 0 Å². The van der Waals surface area contributed by atoms with Crippen molar-refractivity contribution in [2.45, 2.75) is 45.1 Å². The van der Waals surface area contributed by atoms with E-state index in [0.29, 0.717) is 5.92 Å². The van der Waals surface area contributed by atoms with Crippen LogP contribution >= 0.6 is 0 Å². The van der Waals surface area contributed by atoms with Crippen LogP contribution in [0.3, 0.4) is 0 Å². The van der Waals surface area contributed by atoms with Gasteiger partial charge in [-0.1, -0.05) is 19.1 Å². The molecular weight excluding hydrogens is 182 g/mol. The molecular formula is C14H19N. The maximum atomic E-state index is 3.50. The molecule has 1 nitrogen and oxygen atoms in total. The zero-order valence-corrected chi connectivity index (χ0v) is 9.47. The van der Waals surface area contributed by atoms with Crippen LogP contribution in [-0.4, -0.2) is 6.54 Å². The highest BCUT2D eigenvalue weighted by Gasteiger charge is 2.19. The molecule has 1 heterocycles. The summed E-state index contributed by atoms with van der Waals surface area (Å²) in [6, 6.07) is 4.96. The van der Waals surface area contributed by atoms with E-state index in [4.69, 9.17) is 0 Å². The number of hydrogen-bond acceptors (Lipinski definition) is 1. The quantitative estimate of drug-likeness (QED) is 0.680. The Bertz CT molecular complexity index is 381. The zero-order chi connectivity index (χ0) is 10.3. The Morgan fingerprint density at radius 1 is 1.07 bits per heavy atom. The minimum atomic E-state index is 0.695. The van der Waals surface area contributed by atoms with Gasteiger partial charge in [0, 0.05) is 13.1 Å². The third kappa shape index (κ3) is 1.59. The van der Waals surface area contributed by atoms with E-state index < -0.39 is 0 Å². The molecule has 1 N–H and O–H groups in total. The van der Waals surface area contributed by atoms with Crippen LogP contribution < -0.4 is 5.32 Å². The molecule has 2 aliphatic rings. The Labute approximate surface area is 91.9 Å². The lowest BCUT2D eigenvalue weighted by molar-refractivity contribution is 0.566. The first-order chi connectivity index (χ1) is 7.34. The van der Waals surface area contributed by atoms with E-state index in [9.17, 15) is 0 Å². The van der Waals surface area contributed by atoms with Gasteiger partial charge in [0.2, 0.25) is 0 Å². The third-order valence-electron chi connectivity index (χ3n) is 3.90. The van der Waals surface area contributed by atoms with Crippen LogP contribution in [-0.2, 0) is 19.4 Å². The Kier molecular flexibility index (Phi) is 2.28. The van der Waals surface area contributed by atoms with Gasteiger partial charge in [-0.15, -0.1) is 0 Å². The number of aryl methyl sites for hydroxylation is 2. The standard InChI is InChI=1S/C14H19N/c1-10-8-15-9-13-6-11-4-2-3-5-12(11)7-14(10)13/h6-7,10,15H,2-5,8-9H2,1H3. The van der Waals surface area contributed by atoms with E-state index in [1.165, 1.54) is 25.7 Å². The van der Waals surface area contributed by atoms with E-state index in [1.54, 1.807) is 22.3 Å². The Morgan fingerprint density at radius 2 is 1.80 bits per heavy atom. The molecule has 1 aromatic carbocycles. The highest BCUT2D eigenvalue weighted by molar-refractivity contribution is 5.42. The van der Waals surface area contributed by atoms with Crippen LogP contribution in [0, 0.1) is 0 Å². The summed E-state index contributed by atoms with van der Waals surface area (Å²) >= 11 is 0. The predicted molar refractivity (Wildman–Crippen MR) is 63.2 cm³/mol. The minimum absolute atomic E-state index is 0.695. The fourth-order valence-electron chi connectivity index (χ4n) is 3.00. The monoisotopic (exact) mass is 201 g/mol. The maximum Gasteiger partial charge on any atom is 0.0208 e. The molecule has 1 atom stereocenters. The molecule has 0 bridgehead atoms. The molecule has 3 rings (SSSR count). The minimum Gasteiger partial charge on any atom is -0.312 e. The molecule has 1 heteroatoms. The van der Waals surface area contributed by atoms with Crippen molar-refractivity contribution in [2.75, 3.05) is 6.54 Å². The van der Waals surface area contributed by atoms with Crippen LogP contribution in [0.15, 0.2) is 12.1 Å². The molecule has 80 valence electrons. The Balaban J connectivity index is 2.08. The van der Waals surface area contributed by atoms with Gasteiger partial charge in [0.1, 0.15) is 0 Å². The van der Waals surface area contributed by atoms with Crippen molar-refractivity contribution < 1.29 is 0 Å². The molecule has 1 unspecified atom stereocenters. The van der Waals surface area contributed by atoms with E-state index in [2.05, 4.69) is 24.4 Å². The Morgan fingerprint density at radius 3 is 2.60 bits per heavy atom. The summed E-state index contributed by atoms with van der Waals surface area (Å²) in [7, 11) is 0. The van der Waals surface area contributed by atoms with E-state index in [0.717, 1.165) is 13.1 Å². The summed E-state index contributed by atoms with van der Waals surface area (Å²) in [5.41, 5.74) is 6.41. The molecule has 1 aliphatic carbocycles. The number of hydrogen-bond donors (Lipinski definition) is 1. The highest BCUT2D eigenvalue weighted by atomic mass is 14.9. The van der Waals surface area contributed by atoms with Crippen molar-refractivity contribution in [3.8, 4) is 0 Å². The first kappa shape index (κ1) is 9.41. The van der Waals surface area contributed by atoms with Crippen LogP contribution in [0.2, 0.25) is 0 Å². The summed E-state index contributed by atoms with van der Waals surface area (Å²) in [4.78, 5) is 0. The van der Waals surface area contributed by atoms with Crippen molar-refractivity contribution >= 4 is 0 Å². The van der Waals surface area contributed by atoms with Crippen LogP contribution in [0.25, 0.3) is 0 Å². The summed E-state index contributed by atoms with van der Waals surface area (Å²) < 4.78 is 0. The average Bonchev–Trinajstić information content (AvgIpc) is 2.27. The van der Waals surface area contributed by atoms with Crippen LogP contribution in [0.1, 0.15) is 47.9 Å². The molecule has 0 saturated heterocycles. The van der Waals surface area contributed by atoms with Gasteiger partial charge in [-0.05, 0) is 53.9 Å². The van der Waals surface area contributed by atoms with Crippen molar-refractivity contribution in [1.29, 1.82) is 0 Å². The van der Waals surface area contributed by atoms with Crippen molar-refractivity contribution in [2.24, 2.45) is 0 Å². The number of nitrogens with one attached hydrogen (secondary N) is 1. The van der Waals surface area contributed by atoms with Gasteiger partial charge in [-0.25, -0.2) is 0 Å². The van der Waals surface area contributed by atoms with Gasteiger partial charge in [-0.3, -0.25) is 0 Å². The van der Waals surface area contributed by atoms with Gasteiger partial charge in [0.15, 0.2) is 0 Å². The first-order valence-electron chi connectivity index (χ1n) is 6.20. The number of rotatable bonds is 0. The van der Waals surface area contributed by atoms with Gasteiger partial charge >= 0.3 is 0 Å². The molecule has 1 aromatic rings. The van der Waals surface area contributed by atoms with E-state index in [-0.39, 0.29) is 0 Å². The van der Waals surface area contributed by atoms with Gasteiger partial charge in [-0.2, -0.15) is 0 Å². The lowest BCUT2D eigenvalue weighted by atomic mass is 9.83. The summed E-state index contributed by atoms with van der Waals surface area (Å²) in [6.07, 6.45) is 5.38. The lowest BCUT2D eigenvalue weighted by Crippen LogP contribution is -2.27. The number of benzene rings is 1. The number of fused-ring (bicyclic) bond motifs is 2. The smallest absolute Gasteiger partial charge is 0.0208 e. The summed E-state index contributed by atoms with van der Waals surface area (Å²) in [5.74, 6) is 0.695. The second-order valence-corrected chi connectivity index (χ2v) is 5.06. The molecule has 0 saturated carbocycles. The fraction of sp³-hybridized carbons (Fsp3) is 0.571. The van der Waals surface area contributed by atoms with E-state index in [1.807, 2.05) is 0 Å². The average molecular weight is 201 g/mol. The molecule has 1 aliphatic heterocycles. The maximum absolute atomic E-state index is 3.50. The van der Waals surface area contributed by atoms with Gasteiger partial charge < -0.3 is 5.32 Å². The fourth-order valence-corrected chi connectivity index (χ4v) is 3.00. The van der Waals surface area contributed by atoms with Crippen molar-refractivity contribution in [3.05, 3.63) is 34.4 Å². The normalized spacial score (nSPS) is 24.5. The second kappa shape index (κ2) is 3.64.